The van der Waals surface area contributed by atoms with Crippen LogP contribution in [0.1, 0.15) is 11.5 Å². The second-order valence-corrected chi connectivity index (χ2v) is 3.88. The first-order valence-corrected chi connectivity index (χ1v) is 5.64. The number of rotatable bonds is 3. The highest BCUT2D eigenvalue weighted by atomic mass is 19.4. The number of nitrogens with zero attached hydrogens (tertiary/aromatic N) is 2. The van der Waals surface area contributed by atoms with Gasteiger partial charge < -0.3 is 9.47 Å². The molecule has 2 rings (SSSR count). The van der Waals surface area contributed by atoms with Crippen molar-refractivity contribution in [3.8, 4) is 17.4 Å². The fraction of sp³-hybridized carbons (Fsp3) is 0.231. The molecule has 0 atom stereocenters. The molecule has 20 heavy (non-hydrogen) atoms. The average Bonchev–Trinajstić information content (AvgIpc) is 2.40. The first-order valence-electron chi connectivity index (χ1n) is 5.64. The Kier molecular flexibility index (Phi) is 3.78. The molecule has 0 radical (unpaired) electrons. The van der Waals surface area contributed by atoms with Crippen LogP contribution in [0, 0.1) is 6.92 Å². The van der Waals surface area contributed by atoms with E-state index in [-0.39, 0.29) is 17.3 Å². The minimum absolute atomic E-state index is 0.0491. The fourth-order valence-corrected chi connectivity index (χ4v) is 1.53. The van der Waals surface area contributed by atoms with E-state index in [0.29, 0.717) is 5.75 Å². The van der Waals surface area contributed by atoms with Gasteiger partial charge in [-0.3, -0.25) is 0 Å². The van der Waals surface area contributed by atoms with Crippen LogP contribution in [0.25, 0.3) is 0 Å². The van der Waals surface area contributed by atoms with Gasteiger partial charge in [0.05, 0.1) is 12.8 Å². The fourth-order valence-electron chi connectivity index (χ4n) is 1.53. The van der Waals surface area contributed by atoms with E-state index in [1.165, 1.54) is 14.0 Å². The topological polar surface area (TPSA) is 44.2 Å². The Hall–Kier alpha value is -2.31. The molecule has 0 fully saturated rings. The molecule has 1 aromatic heterocycles. The van der Waals surface area contributed by atoms with Crippen molar-refractivity contribution in [3.63, 3.8) is 0 Å². The van der Waals surface area contributed by atoms with E-state index in [2.05, 4.69) is 9.97 Å². The van der Waals surface area contributed by atoms with Crippen LogP contribution >= 0.6 is 0 Å². The van der Waals surface area contributed by atoms with Crippen molar-refractivity contribution in [1.29, 1.82) is 0 Å². The zero-order valence-corrected chi connectivity index (χ0v) is 10.7. The van der Waals surface area contributed by atoms with Gasteiger partial charge in [0, 0.05) is 0 Å². The molecule has 1 heterocycles. The Labute approximate surface area is 113 Å². The molecule has 4 nitrogen and oxygen atoms in total. The molecular weight excluding hydrogens is 273 g/mol. The number of hydrogen-bond donors (Lipinski definition) is 0. The summed E-state index contributed by atoms with van der Waals surface area (Å²) in [7, 11) is 1.22. The van der Waals surface area contributed by atoms with Gasteiger partial charge in [0.25, 0.3) is 5.88 Å². The molecule has 0 spiro atoms. The quantitative estimate of drug-likeness (QED) is 0.863. The van der Waals surface area contributed by atoms with E-state index < -0.39 is 12.0 Å². The largest absolute Gasteiger partial charge is 0.478 e. The van der Waals surface area contributed by atoms with Crippen LogP contribution < -0.4 is 9.47 Å². The highest BCUT2D eigenvalue weighted by Gasteiger charge is 2.36. The minimum atomic E-state index is -4.64. The zero-order chi connectivity index (χ0) is 14.8. The molecular formula is C13H11F3N2O2. The Morgan fingerprint density at radius 1 is 1.05 bits per heavy atom. The van der Waals surface area contributed by atoms with Gasteiger partial charge in [0.15, 0.2) is 0 Å². The SMILES string of the molecule is COc1nc(C(F)(F)F)nc(C)c1Oc1ccccc1. The summed E-state index contributed by atoms with van der Waals surface area (Å²) < 4.78 is 48.2. The summed E-state index contributed by atoms with van der Waals surface area (Å²) in [6, 6.07) is 8.59. The molecule has 0 unspecified atom stereocenters. The van der Waals surface area contributed by atoms with Gasteiger partial charge in [-0.1, -0.05) is 18.2 Å². The van der Waals surface area contributed by atoms with E-state index >= 15 is 0 Å². The van der Waals surface area contributed by atoms with E-state index in [4.69, 9.17) is 9.47 Å². The molecule has 0 bridgehead atoms. The lowest BCUT2D eigenvalue weighted by atomic mass is 10.3. The van der Waals surface area contributed by atoms with Crippen molar-refractivity contribution in [2.45, 2.75) is 13.1 Å². The molecule has 0 N–H and O–H groups in total. The Morgan fingerprint density at radius 2 is 1.70 bits per heavy atom. The summed E-state index contributed by atoms with van der Waals surface area (Å²) in [6.07, 6.45) is -4.64. The number of para-hydroxylation sites is 1. The van der Waals surface area contributed by atoms with Gasteiger partial charge in [0.2, 0.25) is 11.6 Å². The third-order valence-corrected chi connectivity index (χ3v) is 2.41. The molecule has 2 aromatic rings. The van der Waals surface area contributed by atoms with Crippen molar-refractivity contribution in [2.75, 3.05) is 7.11 Å². The number of benzene rings is 1. The molecule has 0 saturated carbocycles. The van der Waals surface area contributed by atoms with Gasteiger partial charge in [-0.05, 0) is 19.1 Å². The molecule has 0 aliphatic carbocycles. The Bertz CT molecular complexity index is 601. The van der Waals surface area contributed by atoms with Crippen LogP contribution in [0.5, 0.6) is 17.4 Å². The van der Waals surface area contributed by atoms with Gasteiger partial charge in [0.1, 0.15) is 5.75 Å². The van der Waals surface area contributed by atoms with E-state index in [1.54, 1.807) is 30.3 Å². The van der Waals surface area contributed by atoms with E-state index in [9.17, 15) is 13.2 Å². The lowest BCUT2D eigenvalue weighted by Crippen LogP contribution is -2.13. The molecule has 0 aliphatic rings. The highest BCUT2D eigenvalue weighted by Crippen LogP contribution is 2.35. The maximum atomic E-state index is 12.6. The third kappa shape index (κ3) is 2.98. The van der Waals surface area contributed by atoms with Crippen molar-refractivity contribution >= 4 is 0 Å². The van der Waals surface area contributed by atoms with Crippen LogP contribution in [0.2, 0.25) is 0 Å². The van der Waals surface area contributed by atoms with Gasteiger partial charge in [-0.15, -0.1) is 0 Å². The van der Waals surface area contributed by atoms with Crippen molar-refractivity contribution in [1.82, 2.24) is 9.97 Å². The zero-order valence-electron chi connectivity index (χ0n) is 10.7. The first kappa shape index (κ1) is 14.1. The number of aromatic nitrogens is 2. The summed E-state index contributed by atoms with van der Waals surface area (Å²) in [6.45, 7) is 1.40. The van der Waals surface area contributed by atoms with Crippen molar-refractivity contribution in [3.05, 3.63) is 41.9 Å². The van der Waals surface area contributed by atoms with Crippen LogP contribution in [0.3, 0.4) is 0 Å². The van der Waals surface area contributed by atoms with Crippen LogP contribution in [-0.2, 0) is 6.18 Å². The summed E-state index contributed by atoms with van der Waals surface area (Å²) in [5.74, 6) is -0.995. The van der Waals surface area contributed by atoms with Crippen molar-refractivity contribution in [2.24, 2.45) is 0 Å². The standard InChI is InChI=1S/C13H11F3N2O2/c1-8-10(20-9-6-4-3-5-7-9)11(19-2)18-12(17-8)13(14,15)16/h3-7H,1-2H3. The molecule has 106 valence electrons. The van der Waals surface area contributed by atoms with Crippen LogP contribution in [0.4, 0.5) is 13.2 Å². The summed E-state index contributed by atoms with van der Waals surface area (Å²) in [5, 5.41) is 0. The number of halogens is 3. The average molecular weight is 284 g/mol. The smallest absolute Gasteiger partial charge is 0.451 e. The third-order valence-electron chi connectivity index (χ3n) is 2.41. The lowest BCUT2D eigenvalue weighted by molar-refractivity contribution is -0.145. The van der Waals surface area contributed by atoms with Crippen LogP contribution in [-0.4, -0.2) is 17.1 Å². The van der Waals surface area contributed by atoms with Crippen LogP contribution in [0.15, 0.2) is 30.3 Å². The number of hydrogen-bond acceptors (Lipinski definition) is 4. The predicted octanol–water partition coefficient (Wildman–Crippen LogP) is 3.60. The van der Waals surface area contributed by atoms with Crippen molar-refractivity contribution < 1.29 is 22.6 Å². The summed E-state index contributed by atoms with van der Waals surface area (Å²) in [4.78, 5) is 6.74. The number of alkyl halides is 3. The van der Waals surface area contributed by atoms with Gasteiger partial charge >= 0.3 is 6.18 Å². The molecule has 0 saturated heterocycles. The summed E-state index contributed by atoms with van der Waals surface area (Å²) in [5.41, 5.74) is 0.0491. The lowest BCUT2D eigenvalue weighted by Gasteiger charge is -2.13. The molecule has 0 aliphatic heterocycles. The second kappa shape index (κ2) is 5.36. The normalized spacial score (nSPS) is 11.2. The number of methoxy groups -OCH3 is 1. The molecule has 1 aromatic carbocycles. The number of aryl methyl sites for hydroxylation is 1. The molecule has 7 heteroatoms. The highest BCUT2D eigenvalue weighted by molar-refractivity contribution is 5.41. The monoisotopic (exact) mass is 284 g/mol. The maximum absolute atomic E-state index is 12.6. The first-order chi connectivity index (χ1) is 9.41. The van der Waals surface area contributed by atoms with E-state index in [0.717, 1.165) is 0 Å². The second-order valence-electron chi connectivity index (χ2n) is 3.88. The number of ether oxygens (including phenoxy) is 2. The Morgan fingerprint density at radius 3 is 2.25 bits per heavy atom. The maximum Gasteiger partial charge on any atom is 0.451 e. The van der Waals surface area contributed by atoms with Gasteiger partial charge in [-0.2, -0.15) is 18.2 Å². The van der Waals surface area contributed by atoms with E-state index in [1.807, 2.05) is 0 Å². The van der Waals surface area contributed by atoms with Gasteiger partial charge in [-0.25, -0.2) is 4.98 Å². The Balaban J connectivity index is 2.43. The minimum Gasteiger partial charge on any atom is -0.478 e. The molecule has 0 amide bonds. The predicted molar refractivity (Wildman–Crippen MR) is 64.8 cm³/mol. The summed E-state index contributed by atoms with van der Waals surface area (Å²) >= 11 is 0.